The molecule has 7 nitrogen and oxygen atoms in total. The number of carboxylic acids is 1. The second kappa shape index (κ2) is 9.27. The van der Waals surface area contributed by atoms with E-state index in [2.05, 4.69) is 10.6 Å². The lowest BCUT2D eigenvalue weighted by Gasteiger charge is -2.18. The van der Waals surface area contributed by atoms with Gasteiger partial charge < -0.3 is 20.2 Å². The van der Waals surface area contributed by atoms with Crippen LogP contribution in [0.5, 0.6) is 0 Å². The summed E-state index contributed by atoms with van der Waals surface area (Å²) >= 11 is 0. The molecule has 2 rings (SSSR count). The average Bonchev–Trinajstić information content (AvgIpc) is 3.14. The Morgan fingerprint density at radius 3 is 2.44 bits per heavy atom. The molecule has 2 aromatic rings. The van der Waals surface area contributed by atoms with E-state index in [0.717, 1.165) is 5.56 Å². The lowest BCUT2D eigenvalue weighted by molar-refractivity contribution is -0.137. The van der Waals surface area contributed by atoms with Crippen molar-refractivity contribution in [2.24, 2.45) is 0 Å². The van der Waals surface area contributed by atoms with Crippen molar-refractivity contribution in [3.05, 3.63) is 60.1 Å². The van der Waals surface area contributed by atoms with Crippen molar-refractivity contribution in [2.75, 3.05) is 6.54 Å². The quantitative estimate of drug-likeness (QED) is 0.646. The Balaban J connectivity index is 1.84. The van der Waals surface area contributed by atoms with Gasteiger partial charge in [-0.05, 0) is 24.1 Å². The number of carboxylic acid groups (broad SMARTS) is 1. The Hall–Kier alpha value is -3.09. The molecular weight excluding hydrogens is 324 g/mol. The Kier molecular flexibility index (Phi) is 6.76. The van der Waals surface area contributed by atoms with Gasteiger partial charge >= 0.3 is 5.97 Å². The van der Waals surface area contributed by atoms with Crippen molar-refractivity contribution in [1.82, 2.24) is 10.6 Å². The molecule has 25 heavy (non-hydrogen) atoms. The van der Waals surface area contributed by atoms with Gasteiger partial charge in [-0.2, -0.15) is 0 Å². The highest BCUT2D eigenvalue weighted by Gasteiger charge is 2.16. The first-order valence-electron chi connectivity index (χ1n) is 7.94. The molecule has 1 aromatic heterocycles. The average molecular weight is 344 g/mol. The standard InChI is InChI=1S/C18H20N2O5/c21-16(10-11-19-18(24)15-7-4-12-25-15)20-14(8-9-17(22)23)13-5-2-1-3-6-13/h1-7,12,14H,8-11H2,(H,19,24)(H,20,21)(H,22,23). The van der Waals surface area contributed by atoms with E-state index >= 15 is 0 Å². The van der Waals surface area contributed by atoms with E-state index in [0.29, 0.717) is 6.42 Å². The minimum atomic E-state index is -0.916. The van der Waals surface area contributed by atoms with Gasteiger partial charge in [-0.25, -0.2) is 0 Å². The molecule has 0 aliphatic rings. The lowest BCUT2D eigenvalue weighted by atomic mass is 10.0. The van der Waals surface area contributed by atoms with Crippen LogP contribution < -0.4 is 10.6 Å². The van der Waals surface area contributed by atoms with Gasteiger partial charge in [0.2, 0.25) is 5.91 Å². The number of hydrogen-bond acceptors (Lipinski definition) is 4. The highest BCUT2D eigenvalue weighted by molar-refractivity contribution is 5.91. The van der Waals surface area contributed by atoms with Crippen LogP contribution >= 0.6 is 0 Å². The number of hydrogen-bond donors (Lipinski definition) is 3. The molecule has 0 radical (unpaired) electrons. The van der Waals surface area contributed by atoms with Crippen LogP contribution in [0.15, 0.2) is 53.1 Å². The van der Waals surface area contributed by atoms with Crippen LogP contribution in [0.25, 0.3) is 0 Å². The first-order chi connectivity index (χ1) is 12.1. The van der Waals surface area contributed by atoms with Crippen LogP contribution in [0.2, 0.25) is 0 Å². The first kappa shape index (κ1) is 18.3. The van der Waals surface area contributed by atoms with E-state index < -0.39 is 5.97 Å². The molecule has 1 atom stereocenters. The van der Waals surface area contributed by atoms with Crippen LogP contribution in [-0.4, -0.2) is 29.4 Å². The minimum Gasteiger partial charge on any atom is -0.481 e. The van der Waals surface area contributed by atoms with Crippen LogP contribution in [-0.2, 0) is 9.59 Å². The number of amides is 2. The third kappa shape index (κ3) is 6.14. The van der Waals surface area contributed by atoms with E-state index in [-0.39, 0.29) is 43.0 Å². The smallest absolute Gasteiger partial charge is 0.303 e. The fraction of sp³-hybridized carbons (Fsp3) is 0.278. The van der Waals surface area contributed by atoms with E-state index in [1.54, 1.807) is 6.07 Å². The summed E-state index contributed by atoms with van der Waals surface area (Å²) in [6.07, 6.45) is 1.73. The summed E-state index contributed by atoms with van der Waals surface area (Å²) in [6.45, 7) is 0.159. The van der Waals surface area contributed by atoms with Crippen molar-refractivity contribution in [3.63, 3.8) is 0 Å². The van der Waals surface area contributed by atoms with Gasteiger partial charge in [0.15, 0.2) is 5.76 Å². The predicted molar refractivity (Wildman–Crippen MR) is 89.9 cm³/mol. The Morgan fingerprint density at radius 1 is 1.04 bits per heavy atom. The summed E-state index contributed by atoms with van der Waals surface area (Å²) in [5.74, 6) is -1.38. The molecular formula is C18H20N2O5. The topological polar surface area (TPSA) is 109 Å². The van der Waals surface area contributed by atoms with Gasteiger partial charge in [-0.1, -0.05) is 30.3 Å². The summed E-state index contributed by atoms with van der Waals surface area (Å²) in [6, 6.07) is 11.9. The molecule has 0 saturated heterocycles. The maximum Gasteiger partial charge on any atom is 0.303 e. The highest BCUT2D eigenvalue weighted by Crippen LogP contribution is 2.18. The molecule has 0 fully saturated rings. The Bertz CT molecular complexity index is 698. The zero-order valence-electron chi connectivity index (χ0n) is 13.6. The third-order valence-corrected chi connectivity index (χ3v) is 3.57. The van der Waals surface area contributed by atoms with Crippen molar-refractivity contribution in [2.45, 2.75) is 25.3 Å². The van der Waals surface area contributed by atoms with Crippen LogP contribution in [0, 0.1) is 0 Å². The van der Waals surface area contributed by atoms with Crippen molar-refractivity contribution in [1.29, 1.82) is 0 Å². The number of nitrogens with one attached hydrogen (secondary N) is 2. The number of rotatable bonds is 9. The molecule has 7 heteroatoms. The SMILES string of the molecule is O=C(O)CCC(NC(=O)CCNC(=O)c1ccco1)c1ccccc1. The highest BCUT2D eigenvalue weighted by atomic mass is 16.4. The molecule has 1 heterocycles. The van der Waals surface area contributed by atoms with Gasteiger partial charge in [0.1, 0.15) is 0 Å². The summed E-state index contributed by atoms with van der Waals surface area (Å²) in [4.78, 5) is 34.6. The molecule has 0 bridgehead atoms. The molecule has 2 amide bonds. The molecule has 3 N–H and O–H groups in total. The molecule has 132 valence electrons. The summed E-state index contributed by atoms with van der Waals surface area (Å²) in [5, 5.41) is 14.3. The largest absolute Gasteiger partial charge is 0.481 e. The maximum absolute atomic E-state index is 12.1. The molecule has 1 unspecified atom stereocenters. The monoisotopic (exact) mass is 344 g/mol. The van der Waals surface area contributed by atoms with Gasteiger partial charge in [-0.3, -0.25) is 14.4 Å². The number of aliphatic carboxylic acids is 1. The fourth-order valence-corrected chi connectivity index (χ4v) is 2.33. The minimum absolute atomic E-state index is 0.0466. The molecule has 0 saturated carbocycles. The zero-order valence-corrected chi connectivity index (χ0v) is 13.6. The Labute approximate surface area is 145 Å². The van der Waals surface area contributed by atoms with Gasteiger partial charge in [-0.15, -0.1) is 0 Å². The number of benzene rings is 1. The van der Waals surface area contributed by atoms with Crippen molar-refractivity contribution < 1.29 is 23.9 Å². The molecule has 1 aromatic carbocycles. The van der Waals surface area contributed by atoms with Crippen LogP contribution in [0.3, 0.4) is 0 Å². The second-order valence-electron chi connectivity index (χ2n) is 5.45. The fourth-order valence-electron chi connectivity index (χ4n) is 2.33. The van der Waals surface area contributed by atoms with Crippen LogP contribution in [0.4, 0.5) is 0 Å². The number of carbonyl (C=O) groups excluding carboxylic acids is 2. The number of carbonyl (C=O) groups is 3. The van der Waals surface area contributed by atoms with E-state index in [1.807, 2.05) is 30.3 Å². The normalized spacial score (nSPS) is 11.5. The zero-order chi connectivity index (χ0) is 18.1. The molecule has 0 aliphatic heterocycles. The summed E-state index contributed by atoms with van der Waals surface area (Å²) < 4.78 is 4.96. The number of furan rings is 1. The van der Waals surface area contributed by atoms with Crippen molar-refractivity contribution in [3.8, 4) is 0 Å². The molecule has 0 spiro atoms. The van der Waals surface area contributed by atoms with Gasteiger partial charge in [0.05, 0.1) is 12.3 Å². The maximum atomic E-state index is 12.1. The Morgan fingerprint density at radius 2 is 1.80 bits per heavy atom. The third-order valence-electron chi connectivity index (χ3n) is 3.57. The summed E-state index contributed by atoms with van der Waals surface area (Å²) in [7, 11) is 0. The van der Waals surface area contributed by atoms with Gasteiger partial charge in [0.25, 0.3) is 5.91 Å². The van der Waals surface area contributed by atoms with Crippen LogP contribution in [0.1, 0.15) is 41.4 Å². The van der Waals surface area contributed by atoms with E-state index in [1.165, 1.54) is 12.3 Å². The second-order valence-corrected chi connectivity index (χ2v) is 5.45. The van der Waals surface area contributed by atoms with Crippen molar-refractivity contribution >= 4 is 17.8 Å². The predicted octanol–water partition coefficient (Wildman–Crippen LogP) is 2.12. The van der Waals surface area contributed by atoms with Gasteiger partial charge in [0, 0.05) is 19.4 Å². The molecule has 0 aliphatic carbocycles. The lowest BCUT2D eigenvalue weighted by Crippen LogP contribution is -2.33. The summed E-state index contributed by atoms with van der Waals surface area (Å²) in [5.41, 5.74) is 0.844. The van der Waals surface area contributed by atoms with E-state index in [4.69, 9.17) is 9.52 Å². The van der Waals surface area contributed by atoms with E-state index in [9.17, 15) is 14.4 Å². The first-order valence-corrected chi connectivity index (χ1v) is 7.94.